The molecule has 10 atom stereocenters. The zero-order valence-corrected chi connectivity index (χ0v) is 41.4. The zero-order chi connectivity index (χ0) is 48.7. The topological polar surface area (TPSA) is 171 Å². The lowest BCUT2D eigenvalue weighted by molar-refractivity contribution is -0.149. The fourth-order valence-corrected chi connectivity index (χ4v) is 9.88. The maximum Gasteiger partial charge on any atom is 0.253 e. The lowest BCUT2D eigenvalue weighted by Crippen LogP contribution is -2.54. The smallest absolute Gasteiger partial charge is 0.253 e. The molecule has 65 heavy (non-hydrogen) atoms. The summed E-state index contributed by atoms with van der Waals surface area (Å²) in [5, 5.41) is 11.0. The second-order valence-corrected chi connectivity index (χ2v) is 19.3. The normalized spacial score (nSPS) is 19.5. The number of aliphatic hydroxyl groups excluding tert-OH is 1. The van der Waals surface area contributed by atoms with Gasteiger partial charge in [-0.1, -0.05) is 98.6 Å². The van der Waals surface area contributed by atoms with Crippen molar-refractivity contribution in [1.82, 2.24) is 19.6 Å². The van der Waals surface area contributed by atoms with Crippen molar-refractivity contribution in [2.75, 3.05) is 41.4 Å². The number of likely N-dealkylation sites (N-methyl/N-ethyl adjacent to an activating group) is 2. The number of imide groups is 1. The highest BCUT2D eigenvalue weighted by molar-refractivity contribution is 6.12. The maximum absolute atomic E-state index is 14.6. The van der Waals surface area contributed by atoms with Gasteiger partial charge in [0.1, 0.15) is 5.78 Å². The van der Waals surface area contributed by atoms with Crippen LogP contribution in [0.15, 0.2) is 42.5 Å². The van der Waals surface area contributed by atoms with E-state index in [0.717, 1.165) is 12.0 Å². The minimum Gasteiger partial charge on any atom is -0.388 e. The molecule has 1 fully saturated rings. The third kappa shape index (κ3) is 14.6. The molecule has 5 amide bonds. The van der Waals surface area contributed by atoms with Gasteiger partial charge in [-0.2, -0.15) is 0 Å². The standard InChI is InChI=1S/C51H80N4O10/c1-13-34(6)48(42(64-11)31-46(61)54-28-20-23-39(54)50(65-12)36(8)40(56)29-35(7)49(62)37-21-16-14-17-22-37)53(10)51(63)38(32(2)3)30-41(57)47(33(4)5)52(9)43(58)24-18-15-19-27-55-44(59)25-26-45(55)60/h14,16-17,21-22,25-26,32-36,38-39,42,47-50,62H,13,15,18-20,23-24,27-31H2,1-12H3/t34-,35-,36-,38-,39-,42+,47-,48?,49+,50+/m0/s1. The molecule has 2 aliphatic heterocycles. The summed E-state index contributed by atoms with van der Waals surface area (Å²) in [6, 6.07) is 7.70. The number of ketones is 2. The van der Waals surface area contributed by atoms with E-state index in [-0.39, 0.29) is 96.5 Å². The summed E-state index contributed by atoms with van der Waals surface area (Å²) in [6.45, 7) is 16.1. The fourth-order valence-electron chi connectivity index (χ4n) is 9.88. The average molecular weight is 909 g/mol. The number of likely N-dealkylation sites (tertiary alicyclic amines) is 1. The Kier molecular flexibility index (Phi) is 22.2. The predicted molar refractivity (Wildman–Crippen MR) is 250 cm³/mol. The second-order valence-electron chi connectivity index (χ2n) is 19.3. The highest BCUT2D eigenvalue weighted by Gasteiger charge is 2.43. The molecule has 14 heteroatoms. The van der Waals surface area contributed by atoms with E-state index in [2.05, 4.69) is 0 Å². The summed E-state index contributed by atoms with van der Waals surface area (Å²) in [7, 11) is 6.47. The van der Waals surface area contributed by atoms with Crippen LogP contribution in [0.5, 0.6) is 0 Å². The third-order valence-electron chi connectivity index (χ3n) is 14.0. The molecule has 364 valence electrons. The number of Topliss-reactive ketones (excluding diaryl/α,β-unsaturated/α-hetero) is 2. The molecule has 2 aliphatic rings. The van der Waals surface area contributed by atoms with Crippen LogP contribution in [0.25, 0.3) is 0 Å². The van der Waals surface area contributed by atoms with Crippen LogP contribution in [-0.2, 0) is 43.0 Å². The van der Waals surface area contributed by atoms with Crippen LogP contribution in [0, 0.1) is 35.5 Å². The number of carbonyl (C=O) groups is 7. The van der Waals surface area contributed by atoms with E-state index >= 15 is 0 Å². The van der Waals surface area contributed by atoms with Crippen molar-refractivity contribution < 1.29 is 48.1 Å². The Labute approximate surface area is 388 Å². The zero-order valence-electron chi connectivity index (χ0n) is 41.4. The Bertz CT molecular complexity index is 1770. The van der Waals surface area contributed by atoms with Gasteiger partial charge in [-0.05, 0) is 54.9 Å². The molecular weight excluding hydrogens is 829 g/mol. The van der Waals surface area contributed by atoms with Gasteiger partial charge in [0.05, 0.1) is 42.9 Å². The predicted octanol–water partition coefficient (Wildman–Crippen LogP) is 6.44. The number of amides is 5. The molecule has 0 aromatic heterocycles. The number of ether oxygens (including phenoxy) is 2. The van der Waals surface area contributed by atoms with Crippen LogP contribution >= 0.6 is 0 Å². The van der Waals surface area contributed by atoms with E-state index in [1.807, 2.05) is 85.7 Å². The van der Waals surface area contributed by atoms with Crippen LogP contribution in [-0.4, -0.2) is 138 Å². The van der Waals surface area contributed by atoms with E-state index in [0.29, 0.717) is 45.2 Å². The van der Waals surface area contributed by atoms with Crippen molar-refractivity contribution in [1.29, 1.82) is 0 Å². The van der Waals surface area contributed by atoms with Gasteiger partial charge in [-0.25, -0.2) is 0 Å². The molecule has 3 rings (SSSR count). The van der Waals surface area contributed by atoms with E-state index < -0.39 is 42.2 Å². The Balaban J connectivity index is 1.70. The molecule has 14 nitrogen and oxygen atoms in total. The van der Waals surface area contributed by atoms with Crippen LogP contribution in [0.2, 0.25) is 0 Å². The highest BCUT2D eigenvalue weighted by Crippen LogP contribution is 2.33. The average Bonchev–Trinajstić information content (AvgIpc) is 3.89. The molecule has 0 radical (unpaired) electrons. The van der Waals surface area contributed by atoms with Gasteiger partial charge in [0, 0.05) is 84.7 Å². The molecule has 2 heterocycles. The molecule has 1 aromatic rings. The Morgan fingerprint density at radius 2 is 1.42 bits per heavy atom. The lowest BCUT2D eigenvalue weighted by Gasteiger charge is -2.41. The van der Waals surface area contributed by atoms with Gasteiger partial charge in [-0.3, -0.25) is 38.5 Å². The van der Waals surface area contributed by atoms with Gasteiger partial charge in [0.25, 0.3) is 11.8 Å². The van der Waals surface area contributed by atoms with Crippen molar-refractivity contribution in [2.45, 2.75) is 156 Å². The first kappa shape index (κ1) is 55.1. The van der Waals surface area contributed by atoms with Crippen LogP contribution in [0.1, 0.15) is 131 Å². The monoisotopic (exact) mass is 909 g/mol. The van der Waals surface area contributed by atoms with Crippen molar-refractivity contribution in [2.24, 2.45) is 35.5 Å². The Hall–Kier alpha value is -4.27. The third-order valence-corrected chi connectivity index (χ3v) is 14.0. The first-order valence-corrected chi connectivity index (χ1v) is 23.9. The van der Waals surface area contributed by atoms with Crippen molar-refractivity contribution in [3.8, 4) is 0 Å². The molecule has 1 unspecified atom stereocenters. The van der Waals surface area contributed by atoms with Gasteiger partial charge in [0.2, 0.25) is 17.7 Å². The number of unbranched alkanes of at least 4 members (excludes halogenated alkanes) is 2. The van der Waals surface area contributed by atoms with Crippen LogP contribution in [0.3, 0.4) is 0 Å². The summed E-state index contributed by atoms with van der Waals surface area (Å²) in [4.78, 5) is 100. The Morgan fingerprint density at radius 1 is 0.785 bits per heavy atom. The SMILES string of the molecule is CC[C@H](C)C([C@@H](CC(=O)N1CCC[C@H]1[C@H](OC)[C@@H](C)C(=O)C[C@H](C)[C@@H](O)c1ccccc1)OC)N(C)C(=O)[C@@H](CC(=O)[C@H](C(C)C)N(C)C(=O)CCCCCN1C(=O)C=CC1=O)C(C)C. The number of methoxy groups -OCH3 is 2. The van der Waals surface area contributed by atoms with Crippen molar-refractivity contribution in [3.63, 3.8) is 0 Å². The molecule has 1 aromatic carbocycles. The summed E-state index contributed by atoms with van der Waals surface area (Å²) >= 11 is 0. The summed E-state index contributed by atoms with van der Waals surface area (Å²) in [6.07, 6.45) is 4.64. The first-order chi connectivity index (χ1) is 30.7. The fraction of sp³-hybridized carbons (Fsp3) is 0.706. The number of carbonyl (C=O) groups excluding carboxylic acids is 7. The maximum atomic E-state index is 14.6. The second kappa shape index (κ2) is 26.2. The van der Waals surface area contributed by atoms with Crippen LogP contribution in [0.4, 0.5) is 0 Å². The van der Waals surface area contributed by atoms with Crippen molar-refractivity contribution in [3.05, 3.63) is 48.0 Å². The molecule has 0 saturated carbocycles. The molecule has 0 spiro atoms. The largest absolute Gasteiger partial charge is 0.388 e. The van der Waals surface area contributed by atoms with Crippen LogP contribution < -0.4 is 0 Å². The van der Waals surface area contributed by atoms with Gasteiger partial charge < -0.3 is 29.3 Å². The number of benzene rings is 1. The number of rotatable bonds is 28. The minimum atomic E-state index is -0.792. The number of aliphatic hydroxyl groups is 1. The molecule has 0 aliphatic carbocycles. The van der Waals surface area contributed by atoms with E-state index in [9.17, 15) is 38.7 Å². The van der Waals surface area contributed by atoms with E-state index in [4.69, 9.17) is 9.47 Å². The number of nitrogens with zero attached hydrogens (tertiary/aromatic N) is 4. The molecule has 1 N–H and O–H groups in total. The van der Waals surface area contributed by atoms with E-state index in [1.54, 1.807) is 38.1 Å². The van der Waals surface area contributed by atoms with Gasteiger partial charge in [0.15, 0.2) is 5.78 Å². The lowest BCUT2D eigenvalue weighted by atomic mass is 9.83. The van der Waals surface area contributed by atoms with Gasteiger partial charge in [-0.15, -0.1) is 0 Å². The number of hydrogen-bond acceptors (Lipinski definition) is 10. The molecule has 1 saturated heterocycles. The summed E-state index contributed by atoms with van der Waals surface area (Å²) in [5.41, 5.74) is 0.754. The summed E-state index contributed by atoms with van der Waals surface area (Å²) < 4.78 is 12.1. The Morgan fingerprint density at radius 3 is 1.97 bits per heavy atom. The molecule has 0 bridgehead atoms. The van der Waals surface area contributed by atoms with Gasteiger partial charge >= 0.3 is 0 Å². The summed E-state index contributed by atoms with van der Waals surface area (Å²) in [5.74, 6) is -3.50. The quantitative estimate of drug-likeness (QED) is 0.0730. The first-order valence-electron chi connectivity index (χ1n) is 23.9. The number of hydrogen-bond donors (Lipinski definition) is 1. The minimum absolute atomic E-state index is 0.00198. The van der Waals surface area contributed by atoms with E-state index in [1.165, 1.54) is 22.0 Å². The van der Waals surface area contributed by atoms with Crippen molar-refractivity contribution >= 4 is 41.1 Å². The highest BCUT2D eigenvalue weighted by atomic mass is 16.5. The molecular formula is C51H80N4O10.